The van der Waals surface area contributed by atoms with E-state index in [-0.39, 0.29) is 0 Å². The Kier molecular flexibility index (Phi) is 3.29. The van der Waals surface area contributed by atoms with Crippen LogP contribution in [-0.4, -0.2) is 19.9 Å². The van der Waals surface area contributed by atoms with Crippen molar-refractivity contribution in [3.8, 4) is 0 Å². The fourth-order valence-electron chi connectivity index (χ4n) is 1.84. The van der Waals surface area contributed by atoms with Gasteiger partial charge < -0.3 is 4.98 Å². The first kappa shape index (κ1) is 12.9. The molecule has 0 aliphatic heterocycles. The van der Waals surface area contributed by atoms with Crippen LogP contribution in [0.15, 0.2) is 34.6 Å². The van der Waals surface area contributed by atoms with E-state index in [1.54, 1.807) is 6.20 Å². The second-order valence-electron chi connectivity index (χ2n) is 4.49. The maximum Gasteiger partial charge on any atom is 0.238 e. The first-order valence-electron chi connectivity index (χ1n) is 6.10. The number of imidazole rings is 1. The topological polar surface area (TPSA) is 92.5 Å². The molecule has 0 saturated heterocycles. The highest BCUT2D eigenvalue weighted by Crippen LogP contribution is 2.28. The number of fused-ring (bicyclic) bond motifs is 1. The maximum absolute atomic E-state index is 5.33. The molecule has 2 heterocycles. The summed E-state index contributed by atoms with van der Waals surface area (Å²) in [6.07, 6.45) is 1.73. The summed E-state index contributed by atoms with van der Waals surface area (Å²) in [5.41, 5.74) is 6.60. The lowest BCUT2D eigenvalue weighted by Crippen LogP contribution is -2.10. The van der Waals surface area contributed by atoms with Gasteiger partial charge in [-0.1, -0.05) is 6.07 Å². The summed E-state index contributed by atoms with van der Waals surface area (Å²) in [5, 5.41) is 1.62. The van der Waals surface area contributed by atoms with Gasteiger partial charge in [-0.15, -0.1) is 0 Å². The summed E-state index contributed by atoms with van der Waals surface area (Å²) in [5.74, 6) is 5.73. The van der Waals surface area contributed by atoms with E-state index < -0.39 is 0 Å². The molecule has 0 fully saturated rings. The third-order valence-electron chi connectivity index (χ3n) is 2.86. The van der Waals surface area contributed by atoms with Crippen molar-refractivity contribution in [2.24, 2.45) is 5.84 Å². The van der Waals surface area contributed by atoms with Crippen LogP contribution in [0.1, 0.15) is 11.1 Å². The molecule has 102 valence electrons. The second-order valence-corrected chi connectivity index (χ2v) is 5.47. The Hall–Kier alpha value is -2.12. The Balaban J connectivity index is 1.96. The first-order chi connectivity index (χ1) is 9.65. The molecule has 6 nitrogen and oxygen atoms in total. The summed E-state index contributed by atoms with van der Waals surface area (Å²) < 4.78 is 0. The van der Waals surface area contributed by atoms with Crippen molar-refractivity contribution < 1.29 is 0 Å². The molecule has 0 amide bonds. The van der Waals surface area contributed by atoms with Gasteiger partial charge in [0, 0.05) is 11.8 Å². The molecule has 0 atom stereocenters. The average molecular weight is 286 g/mol. The monoisotopic (exact) mass is 286 g/mol. The molecule has 20 heavy (non-hydrogen) atoms. The van der Waals surface area contributed by atoms with Crippen molar-refractivity contribution in [2.75, 3.05) is 5.43 Å². The Morgan fingerprint density at radius 1 is 1.25 bits per heavy atom. The molecule has 0 spiro atoms. The third-order valence-corrected chi connectivity index (χ3v) is 3.86. The van der Waals surface area contributed by atoms with Gasteiger partial charge in [-0.25, -0.2) is 20.8 Å². The van der Waals surface area contributed by atoms with Gasteiger partial charge in [0.15, 0.2) is 5.16 Å². The SMILES string of the molecule is Cc1ccc2nc(Sc3nc(NN)ncc3C)[nH]c2c1. The molecular weight excluding hydrogens is 272 g/mol. The lowest BCUT2D eigenvalue weighted by atomic mass is 10.2. The van der Waals surface area contributed by atoms with E-state index in [0.29, 0.717) is 5.95 Å². The number of hydrogen-bond acceptors (Lipinski definition) is 6. The zero-order valence-electron chi connectivity index (χ0n) is 11.1. The van der Waals surface area contributed by atoms with Gasteiger partial charge in [0.1, 0.15) is 5.03 Å². The van der Waals surface area contributed by atoms with Crippen molar-refractivity contribution in [3.63, 3.8) is 0 Å². The minimum Gasteiger partial charge on any atom is -0.333 e. The molecule has 0 saturated carbocycles. The van der Waals surface area contributed by atoms with Gasteiger partial charge in [-0.2, -0.15) is 0 Å². The number of aromatic nitrogens is 4. The number of nitrogens with zero attached hydrogens (tertiary/aromatic N) is 3. The van der Waals surface area contributed by atoms with Crippen LogP contribution < -0.4 is 11.3 Å². The van der Waals surface area contributed by atoms with Gasteiger partial charge in [-0.05, 0) is 43.3 Å². The number of benzene rings is 1. The largest absolute Gasteiger partial charge is 0.333 e. The molecule has 3 rings (SSSR count). The van der Waals surface area contributed by atoms with Gasteiger partial charge in [0.2, 0.25) is 5.95 Å². The third kappa shape index (κ3) is 2.45. The van der Waals surface area contributed by atoms with Crippen LogP contribution in [0.3, 0.4) is 0 Å². The van der Waals surface area contributed by atoms with Crippen LogP contribution in [0.5, 0.6) is 0 Å². The number of H-pyrrole nitrogens is 1. The number of hydrogen-bond donors (Lipinski definition) is 3. The highest BCUT2D eigenvalue weighted by molar-refractivity contribution is 7.99. The predicted molar refractivity (Wildman–Crippen MR) is 79.5 cm³/mol. The van der Waals surface area contributed by atoms with E-state index in [9.17, 15) is 0 Å². The number of aromatic amines is 1. The fourth-order valence-corrected chi connectivity index (χ4v) is 2.67. The quantitative estimate of drug-likeness (QED) is 0.389. The predicted octanol–water partition coefficient (Wildman–Crippen LogP) is 2.41. The second kappa shape index (κ2) is 5.10. The molecule has 0 radical (unpaired) electrons. The first-order valence-corrected chi connectivity index (χ1v) is 6.92. The van der Waals surface area contributed by atoms with Crippen molar-refractivity contribution in [2.45, 2.75) is 24.0 Å². The van der Waals surface area contributed by atoms with E-state index in [2.05, 4.69) is 38.4 Å². The molecule has 7 heteroatoms. The maximum atomic E-state index is 5.33. The molecule has 1 aromatic carbocycles. The molecule has 0 unspecified atom stereocenters. The Morgan fingerprint density at radius 2 is 2.10 bits per heavy atom. The van der Waals surface area contributed by atoms with Crippen LogP contribution in [0.2, 0.25) is 0 Å². The summed E-state index contributed by atoms with van der Waals surface area (Å²) in [4.78, 5) is 16.2. The molecule has 3 aromatic rings. The van der Waals surface area contributed by atoms with Crippen molar-refractivity contribution in [1.82, 2.24) is 19.9 Å². The number of nitrogens with two attached hydrogens (primary N) is 1. The molecular formula is C13H14N6S. The zero-order valence-corrected chi connectivity index (χ0v) is 12.0. The molecule has 0 aliphatic carbocycles. The average Bonchev–Trinajstić information content (AvgIpc) is 2.82. The van der Waals surface area contributed by atoms with Gasteiger partial charge in [0.05, 0.1) is 11.0 Å². The summed E-state index contributed by atoms with van der Waals surface area (Å²) in [6, 6.07) is 6.13. The van der Waals surface area contributed by atoms with Crippen molar-refractivity contribution >= 4 is 28.7 Å². The Labute approximate surface area is 120 Å². The number of anilines is 1. The number of rotatable bonds is 3. The number of nitrogens with one attached hydrogen (secondary N) is 2. The summed E-state index contributed by atoms with van der Waals surface area (Å²) in [6.45, 7) is 4.01. The smallest absolute Gasteiger partial charge is 0.238 e. The minimum absolute atomic E-state index is 0.394. The Bertz CT molecular complexity index is 767. The fraction of sp³-hybridized carbons (Fsp3) is 0.154. The highest BCUT2D eigenvalue weighted by Gasteiger charge is 2.09. The van der Waals surface area contributed by atoms with Crippen LogP contribution in [0.4, 0.5) is 5.95 Å². The lowest BCUT2D eigenvalue weighted by molar-refractivity contribution is 0.980. The Morgan fingerprint density at radius 3 is 2.90 bits per heavy atom. The normalized spacial score (nSPS) is 10.9. The minimum atomic E-state index is 0.394. The van der Waals surface area contributed by atoms with Crippen molar-refractivity contribution in [1.29, 1.82) is 0 Å². The molecule has 0 bridgehead atoms. The van der Waals surface area contributed by atoms with Crippen LogP contribution >= 0.6 is 11.8 Å². The summed E-state index contributed by atoms with van der Waals surface area (Å²) >= 11 is 1.46. The summed E-state index contributed by atoms with van der Waals surface area (Å²) in [7, 11) is 0. The zero-order chi connectivity index (χ0) is 14.1. The molecule has 2 aromatic heterocycles. The highest BCUT2D eigenvalue weighted by atomic mass is 32.2. The van der Waals surface area contributed by atoms with Crippen LogP contribution in [-0.2, 0) is 0 Å². The molecule has 0 aliphatic rings. The van der Waals surface area contributed by atoms with Gasteiger partial charge in [-0.3, -0.25) is 5.43 Å². The van der Waals surface area contributed by atoms with E-state index in [1.165, 1.54) is 17.3 Å². The van der Waals surface area contributed by atoms with Crippen LogP contribution in [0, 0.1) is 13.8 Å². The standard InChI is InChI=1S/C13H14N6S/c1-7-3-4-9-10(5-7)17-13(16-9)20-11-8(2)6-15-12(18-11)19-14/h3-6H,14H2,1-2H3,(H,16,17)(H,15,18,19). The number of hydrazine groups is 1. The van der Waals surface area contributed by atoms with E-state index in [0.717, 1.165) is 26.8 Å². The van der Waals surface area contributed by atoms with E-state index in [4.69, 9.17) is 5.84 Å². The number of aryl methyl sites for hydroxylation is 2. The van der Waals surface area contributed by atoms with Crippen LogP contribution in [0.25, 0.3) is 11.0 Å². The lowest BCUT2D eigenvalue weighted by Gasteiger charge is -2.04. The van der Waals surface area contributed by atoms with E-state index in [1.807, 2.05) is 19.1 Å². The molecule has 4 N–H and O–H groups in total. The number of nitrogen functional groups attached to an aromatic ring is 1. The van der Waals surface area contributed by atoms with Crippen molar-refractivity contribution in [3.05, 3.63) is 35.5 Å². The van der Waals surface area contributed by atoms with E-state index >= 15 is 0 Å². The van der Waals surface area contributed by atoms with Gasteiger partial charge >= 0.3 is 0 Å². The van der Waals surface area contributed by atoms with Gasteiger partial charge in [0.25, 0.3) is 0 Å².